The Hall–Kier alpha value is 1.35. The van der Waals surface area contributed by atoms with E-state index in [-0.39, 0.29) is 52.3 Å². The van der Waals surface area contributed by atoms with Crippen molar-refractivity contribution >= 4 is 10.1 Å². The van der Waals surface area contributed by atoms with Crippen molar-refractivity contribution in [2.45, 2.75) is 168 Å². The number of hydrogen-bond acceptors (Lipinski definition) is 3. The molecule has 0 fully saturated rings. The number of halogens is 1. The van der Waals surface area contributed by atoms with Crippen LogP contribution in [0.15, 0.2) is 0 Å². The van der Waals surface area contributed by atoms with Crippen LogP contribution in [0.5, 0.6) is 0 Å². The van der Waals surface area contributed by atoms with Crippen molar-refractivity contribution in [3.05, 3.63) is 0 Å². The van der Waals surface area contributed by atoms with Crippen LogP contribution in [0.3, 0.4) is 0 Å². The van der Waals surface area contributed by atoms with Crippen molar-refractivity contribution < 1.29 is 64.0 Å². The minimum atomic E-state index is -3.98. The van der Waals surface area contributed by atoms with Gasteiger partial charge >= 0.3 is 29.6 Å². The van der Waals surface area contributed by atoms with E-state index in [1.54, 1.807) is 0 Å². The van der Waals surface area contributed by atoms with Crippen LogP contribution >= 0.6 is 0 Å². The second-order valence-electron chi connectivity index (χ2n) is 12.1. The van der Waals surface area contributed by atoms with Gasteiger partial charge in [0.2, 0.25) is 0 Å². The fourth-order valence-corrected chi connectivity index (χ4v) is 5.10. The van der Waals surface area contributed by atoms with Crippen LogP contribution in [0, 0.1) is 0 Å². The maximum Gasteiger partial charge on any atom is 1.00 e. The summed E-state index contributed by atoms with van der Waals surface area (Å²) in [7, 11) is 2.90. The molecule has 0 aliphatic heterocycles. The van der Waals surface area contributed by atoms with Crippen LogP contribution < -0.4 is 46.5 Å². The van der Waals surface area contributed by atoms with E-state index < -0.39 is 10.1 Å². The van der Waals surface area contributed by atoms with Gasteiger partial charge in [0, 0.05) is 5.75 Å². The van der Waals surface area contributed by atoms with Gasteiger partial charge in [0.1, 0.15) is 0 Å². The van der Waals surface area contributed by atoms with Gasteiger partial charge in [0.15, 0.2) is 0 Å². The van der Waals surface area contributed by atoms with Gasteiger partial charge in [-0.2, -0.15) is 0 Å². The maximum atomic E-state index is 10.3. The van der Waals surface area contributed by atoms with E-state index in [9.17, 15) is 13.0 Å². The minimum absolute atomic E-state index is 0. The molecule has 4 nitrogen and oxygen atoms in total. The van der Waals surface area contributed by atoms with Gasteiger partial charge in [-0.1, -0.05) is 149 Å². The van der Waals surface area contributed by atoms with E-state index in [1.165, 1.54) is 141 Å². The molecule has 0 spiro atoms. The van der Waals surface area contributed by atoms with Gasteiger partial charge in [-0.15, -0.1) is 0 Å². The summed E-state index contributed by atoms with van der Waals surface area (Å²) in [4.78, 5) is 0. The third-order valence-corrected chi connectivity index (χ3v) is 7.72. The molecule has 228 valence electrons. The average Bonchev–Trinajstić information content (AvgIpc) is 2.79. The Bertz CT molecular complexity index is 528. The molecular weight excluding hydrogens is 569 g/mol. The number of quaternary nitrogens is 1. The molecule has 0 aromatic carbocycles. The average molecular weight is 637 g/mol. The van der Waals surface area contributed by atoms with E-state index >= 15 is 0 Å². The van der Waals surface area contributed by atoms with E-state index in [1.807, 2.05) is 0 Å². The molecule has 0 aliphatic rings. The molecule has 0 amide bonds. The molecule has 0 heterocycles. The quantitative estimate of drug-likeness (QED) is 0.0631. The van der Waals surface area contributed by atoms with Gasteiger partial charge in [0.25, 0.3) is 0 Å². The summed E-state index contributed by atoms with van der Waals surface area (Å²) in [5.41, 5.74) is 0. The molecule has 0 aliphatic carbocycles. The van der Waals surface area contributed by atoms with E-state index in [4.69, 9.17) is 0 Å². The maximum absolute atomic E-state index is 10.3. The Morgan fingerprint density at radius 1 is 0.474 bits per heavy atom. The number of unbranched alkanes of at least 4 members (excludes halogenated alkanes) is 22. The SMILES string of the molecule is CCCCCCCCCCCCCCCC[N+](C)(C)C.CCCCCCCCCCCCS(=O)(=O)[O-].[Br-].[Na+]. The Kier molecular flexibility index (Phi) is 42.1. The van der Waals surface area contributed by atoms with Gasteiger partial charge in [-0.05, 0) is 19.3 Å². The molecule has 0 radical (unpaired) electrons. The predicted molar refractivity (Wildman–Crippen MR) is 160 cm³/mol. The van der Waals surface area contributed by atoms with E-state index in [0.717, 1.165) is 17.3 Å². The molecule has 0 N–H and O–H groups in total. The first-order chi connectivity index (χ1) is 17.1. The van der Waals surface area contributed by atoms with Crippen LogP contribution in [0.25, 0.3) is 0 Å². The first-order valence-electron chi connectivity index (χ1n) is 15.9. The summed E-state index contributed by atoms with van der Waals surface area (Å²) in [6.07, 6.45) is 31.8. The number of rotatable bonds is 26. The van der Waals surface area contributed by atoms with E-state index in [0.29, 0.717) is 6.42 Å². The van der Waals surface area contributed by atoms with Crippen LogP contribution in [0.4, 0.5) is 0 Å². The van der Waals surface area contributed by atoms with Crippen molar-refractivity contribution in [1.29, 1.82) is 0 Å². The predicted octanol–water partition coefficient (Wildman–Crippen LogP) is 3.63. The van der Waals surface area contributed by atoms with Crippen molar-refractivity contribution in [3.8, 4) is 0 Å². The van der Waals surface area contributed by atoms with E-state index in [2.05, 4.69) is 35.0 Å². The fraction of sp³-hybridized carbons (Fsp3) is 1.00. The summed E-state index contributed by atoms with van der Waals surface area (Å²) >= 11 is 0. The fourth-order valence-electron chi connectivity index (χ4n) is 4.55. The topological polar surface area (TPSA) is 57.2 Å². The Balaban J connectivity index is -0.000000295. The molecule has 0 saturated carbocycles. The first kappa shape index (κ1) is 46.3. The van der Waals surface area contributed by atoms with Gasteiger partial charge in [0.05, 0.1) is 37.8 Å². The summed E-state index contributed by atoms with van der Waals surface area (Å²) < 4.78 is 32.1. The van der Waals surface area contributed by atoms with Crippen molar-refractivity contribution in [1.82, 2.24) is 0 Å². The largest absolute Gasteiger partial charge is 1.00 e. The molecule has 0 unspecified atom stereocenters. The monoisotopic (exact) mass is 635 g/mol. The zero-order valence-corrected chi connectivity index (χ0v) is 31.2. The Labute approximate surface area is 273 Å². The standard InChI is InChI=1S/C19H42N.C12H26O3S.BrH.Na/c1-5-6-7-8-9-10-11-12-13-14-15-16-17-18-19-20(2,3)4;1-2-3-4-5-6-7-8-9-10-11-12-16(13,14)15;;/h5-19H2,1-4H3;2-12H2,1H3,(H,13,14,15);1H;/q+1;;;+1/p-2. The molecule has 0 rings (SSSR count). The summed E-state index contributed by atoms with van der Waals surface area (Å²) in [6, 6.07) is 0. The van der Waals surface area contributed by atoms with Crippen molar-refractivity contribution in [3.63, 3.8) is 0 Å². The second-order valence-corrected chi connectivity index (χ2v) is 13.6. The molecule has 0 aromatic rings. The van der Waals surface area contributed by atoms with Crippen LogP contribution in [-0.4, -0.2) is 50.9 Å². The molecule has 38 heavy (non-hydrogen) atoms. The zero-order chi connectivity index (χ0) is 27.4. The smallest absolute Gasteiger partial charge is 1.00 e. The Morgan fingerprint density at radius 2 is 0.711 bits per heavy atom. The normalized spacial score (nSPS) is 11.3. The molecule has 7 heteroatoms. The zero-order valence-electron chi connectivity index (χ0n) is 26.8. The van der Waals surface area contributed by atoms with Gasteiger partial charge in [-0.25, -0.2) is 8.42 Å². The minimum Gasteiger partial charge on any atom is -1.00 e. The number of hydrogen-bond donors (Lipinski definition) is 0. The van der Waals surface area contributed by atoms with Crippen LogP contribution in [-0.2, 0) is 10.1 Å². The first-order valence-corrected chi connectivity index (χ1v) is 17.4. The second kappa shape index (κ2) is 34.6. The van der Waals surface area contributed by atoms with Crippen molar-refractivity contribution in [2.24, 2.45) is 0 Å². The van der Waals surface area contributed by atoms with Crippen LogP contribution in [0.2, 0.25) is 0 Å². The van der Waals surface area contributed by atoms with Crippen LogP contribution in [0.1, 0.15) is 168 Å². The molecule has 0 atom stereocenters. The van der Waals surface area contributed by atoms with Gasteiger partial charge < -0.3 is 26.0 Å². The summed E-state index contributed by atoms with van der Waals surface area (Å²) in [6.45, 7) is 5.84. The number of nitrogens with zero attached hydrogens (tertiary/aromatic N) is 1. The Morgan fingerprint density at radius 3 is 0.947 bits per heavy atom. The third kappa shape index (κ3) is 50.2. The molecule has 0 saturated heterocycles. The summed E-state index contributed by atoms with van der Waals surface area (Å²) in [5.74, 6) is -0.191. The third-order valence-electron chi connectivity index (χ3n) is 6.93. The van der Waals surface area contributed by atoms with Gasteiger partial charge in [-0.3, -0.25) is 0 Å². The van der Waals surface area contributed by atoms with Crippen molar-refractivity contribution in [2.75, 3.05) is 33.4 Å². The summed E-state index contributed by atoms with van der Waals surface area (Å²) in [5, 5.41) is 0. The molecular formula is C31H67BrNNaO3S. The molecule has 0 bridgehead atoms. The molecule has 0 aromatic heterocycles.